The van der Waals surface area contributed by atoms with E-state index in [1.165, 1.54) is 18.3 Å². The molecule has 2 rings (SSSR count). The quantitative estimate of drug-likeness (QED) is 0.876. The molecule has 2 aromatic rings. The monoisotopic (exact) mass is 285 g/mol. The molecule has 0 radical (unpaired) electrons. The number of aromatic nitrogens is 2. The van der Waals surface area contributed by atoms with Crippen LogP contribution < -0.4 is 9.46 Å². The summed E-state index contributed by atoms with van der Waals surface area (Å²) in [6, 6.07) is 4.88. The van der Waals surface area contributed by atoms with Crippen LogP contribution in [0.3, 0.4) is 0 Å². The number of benzene rings is 1. The summed E-state index contributed by atoms with van der Waals surface area (Å²) in [6.07, 6.45) is 1.32. The third-order valence-electron chi connectivity index (χ3n) is 2.25. The predicted molar refractivity (Wildman–Crippen MR) is 67.0 cm³/mol. The summed E-state index contributed by atoms with van der Waals surface area (Å²) in [7, 11) is -3.79. The molecule has 0 fully saturated rings. The van der Waals surface area contributed by atoms with Crippen LogP contribution in [0.4, 0.5) is 10.1 Å². The molecule has 0 spiro atoms. The first-order chi connectivity index (χ1) is 9.03. The highest BCUT2D eigenvalue weighted by atomic mass is 32.2. The van der Waals surface area contributed by atoms with Gasteiger partial charge in [-0.3, -0.25) is 9.82 Å². The van der Waals surface area contributed by atoms with E-state index in [9.17, 15) is 12.8 Å². The molecule has 0 saturated carbocycles. The van der Waals surface area contributed by atoms with E-state index >= 15 is 0 Å². The predicted octanol–water partition coefficient (Wildman–Crippen LogP) is 1.75. The number of sulfonamides is 1. The van der Waals surface area contributed by atoms with Crippen molar-refractivity contribution < 1.29 is 17.5 Å². The number of aromatic amines is 1. The molecule has 0 unspecified atom stereocenters. The maximum Gasteiger partial charge on any atom is 0.278 e. The van der Waals surface area contributed by atoms with Crippen LogP contribution in [0.1, 0.15) is 6.92 Å². The topological polar surface area (TPSA) is 84.1 Å². The Morgan fingerprint density at radius 2 is 2.21 bits per heavy atom. The molecule has 0 bridgehead atoms. The van der Waals surface area contributed by atoms with Gasteiger partial charge in [-0.15, -0.1) is 0 Å². The van der Waals surface area contributed by atoms with Crippen LogP contribution in [0.5, 0.6) is 5.75 Å². The number of nitrogens with one attached hydrogen (secondary N) is 2. The Balaban J connectivity index is 2.33. The maximum absolute atomic E-state index is 13.1. The van der Waals surface area contributed by atoms with Gasteiger partial charge in [0.25, 0.3) is 10.0 Å². The van der Waals surface area contributed by atoms with Gasteiger partial charge in [-0.25, -0.2) is 4.39 Å². The Morgan fingerprint density at radius 3 is 2.84 bits per heavy atom. The molecule has 0 atom stereocenters. The van der Waals surface area contributed by atoms with E-state index in [-0.39, 0.29) is 16.5 Å². The Morgan fingerprint density at radius 1 is 1.42 bits per heavy atom. The zero-order valence-corrected chi connectivity index (χ0v) is 10.9. The van der Waals surface area contributed by atoms with E-state index in [4.69, 9.17) is 4.74 Å². The summed E-state index contributed by atoms with van der Waals surface area (Å²) in [5.74, 6) is -0.376. The van der Waals surface area contributed by atoms with E-state index in [1.54, 1.807) is 6.92 Å². The van der Waals surface area contributed by atoms with Gasteiger partial charge in [0.05, 0.1) is 18.5 Å². The Labute approximate surface area is 109 Å². The standard InChI is InChI=1S/C11H12FN3O3S/c1-2-18-10-7-8(12)3-4-9(10)15-19(16,17)11-5-6-13-14-11/h3-7,15H,2H2,1H3,(H,13,14). The first-order valence-electron chi connectivity index (χ1n) is 5.47. The van der Waals surface area contributed by atoms with Crippen LogP contribution >= 0.6 is 0 Å². The number of rotatable bonds is 5. The van der Waals surface area contributed by atoms with Gasteiger partial charge in [0.2, 0.25) is 0 Å². The minimum atomic E-state index is -3.79. The van der Waals surface area contributed by atoms with Crippen molar-refractivity contribution >= 4 is 15.7 Å². The highest BCUT2D eigenvalue weighted by molar-refractivity contribution is 7.92. The molecule has 0 aliphatic carbocycles. The number of hydrogen-bond acceptors (Lipinski definition) is 4. The lowest BCUT2D eigenvalue weighted by Gasteiger charge is -2.11. The lowest BCUT2D eigenvalue weighted by Crippen LogP contribution is -2.14. The lowest BCUT2D eigenvalue weighted by molar-refractivity contribution is 0.340. The molecule has 19 heavy (non-hydrogen) atoms. The average molecular weight is 285 g/mol. The summed E-state index contributed by atoms with van der Waals surface area (Å²) in [5, 5.41) is 5.83. The molecule has 6 nitrogen and oxygen atoms in total. The molecule has 0 aliphatic rings. The van der Waals surface area contributed by atoms with Crippen molar-refractivity contribution in [3.63, 3.8) is 0 Å². The fourth-order valence-electron chi connectivity index (χ4n) is 1.45. The van der Waals surface area contributed by atoms with Crippen molar-refractivity contribution in [1.29, 1.82) is 0 Å². The number of hydrogen-bond donors (Lipinski definition) is 2. The second-order valence-corrected chi connectivity index (χ2v) is 5.25. The van der Waals surface area contributed by atoms with Crippen molar-refractivity contribution in [1.82, 2.24) is 10.2 Å². The van der Waals surface area contributed by atoms with Crippen molar-refractivity contribution in [3.8, 4) is 5.75 Å². The normalized spacial score (nSPS) is 11.3. The molecule has 8 heteroatoms. The largest absolute Gasteiger partial charge is 0.492 e. The average Bonchev–Trinajstić information content (AvgIpc) is 2.87. The molecule has 1 heterocycles. The second-order valence-electron chi connectivity index (χ2n) is 3.60. The number of halogens is 1. The Bertz CT molecular complexity index is 656. The number of anilines is 1. The minimum Gasteiger partial charge on any atom is -0.492 e. The third-order valence-corrected chi connectivity index (χ3v) is 3.55. The molecule has 1 aromatic heterocycles. The third kappa shape index (κ3) is 3.02. The Kier molecular flexibility index (Phi) is 3.70. The van der Waals surface area contributed by atoms with Crippen LogP contribution in [-0.2, 0) is 10.0 Å². The fraction of sp³-hybridized carbons (Fsp3) is 0.182. The van der Waals surface area contributed by atoms with Gasteiger partial charge in [0, 0.05) is 6.07 Å². The summed E-state index contributed by atoms with van der Waals surface area (Å²) in [6.45, 7) is 2.01. The summed E-state index contributed by atoms with van der Waals surface area (Å²) < 4.78 is 44.5. The zero-order valence-electron chi connectivity index (χ0n) is 10.1. The summed E-state index contributed by atoms with van der Waals surface area (Å²) in [5.41, 5.74) is 0.165. The molecule has 1 aromatic carbocycles. The zero-order chi connectivity index (χ0) is 13.9. The number of nitrogens with zero attached hydrogens (tertiary/aromatic N) is 1. The molecule has 0 amide bonds. The first kappa shape index (κ1) is 13.3. The second kappa shape index (κ2) is 5.27. The van der Waals surface area contributed by atoms with Gasteiger partial charge < -0.3 is 4.74 Å². The molecule has 2 N–H and O–H groups in total. The van der Waals surface area contributed by atoms with Crippen molar-refractivity contribution in [2.24, 2.45) is 0 Å². The molecule has 0 aliphatic heterocycles. The van der Waals surface area contributed by atoms with Crippen molar-refractivity contribution in [2.75, 3.05) is 11.3 Å². The first-order valence-corrected chi connectivity index (χ1v) is 6.96. The lowest BCUT2D eigenvalue weighted by atomic mass is 10.3. The van der Waals surface area contributed by atoms with Gasteiger partial charge in [-0.1, -0.05) is 0 Å². The SMILES string of the molecule is CCOc1cc(F)ccc1NS(=O)(=O)c1ccn[nH]1. The highest BCUT2D eigenvalue weighted by Crippen LogP contribution is 2.27. The van der Waals surface area contributed by atoms with E-state index in [2.05, 4.69) is 14.9 Å². The van der Waals surface area contributed by atoms with Gasteiger partial charge in [0.1, 0.15) is 11.6 Å². The summed E-state index contributed by atoms with van der Waals surface area (Å²) >= 11 is 0. The fourth-order valence-corrected chi connectivity index (χ4v) is 2.43. The van der Waals surface area contributed by atoms with Crippen LogP contribution in [0.25, 0.3) is 0 Å². The van der Waals surface area contributed by atoms with Gasteiger partial charge in [0.15, 0.2) is 5.03 Å². The van der Waals surface area contributed by atoms with Crippen LogP contribution in [0.2, 0.25) is 0 Å². The number of H-pyrrole nitrogens is 1. The van der Waals surface area contributed by atoms with Crippen LogP contribution in [0.15, 0.2) is 35.5 Å². The van der Waals surface area contributed by atoms with Crippen LogP contribution in [-0.4, -0.2) is 25.2 Å². The van der Waals surface area contributed by atoms with E-state index in [0.29, 0.717) is 6.61 Å². The van der Waals surface area contributed by atoms with E-state index in [1.807, 2.05) is 0 Å². The number of ether oxygens (including phenoxy) is 1. The van der Waals surface area contributed by atoms with Crippen molar-refractivity contribution in [3.05, 3.63) is 36.3 Å². The van der Waals surface area contributed by atoms with E-state index < -0.39 is 15.8 Å². The van der Waals surface area contributed by atoms with Gasteiger partial charge in [-0.2, -0.15) is 13.5 Å². The molecule has 0 saturated heterocycles. The van der Waals surface area contributed by atoms with Crippen molar-refractivity contribution in [2.45, 2.75) is 11.9 Å². The van der Waals surface area contributed by atoms with Gasteiger partial charge in [-0.05, 0) is 25.1 Å². The minimum absolute atomic E-state index is 0.0840. The van der Waals surface area contributed by atoms with E-state index in [0.717, 1.165) is 12.1 Å². The summed E-state index contributed by atoms with van der Waals surface area (Å²) in [4.78, 5) is 0. The highest BCUT2D eigenvalue weighted by Gasteiger charge is 2.18. The Hall–Kier alpha value is -2.09. The smallest absolute Gasteiger partial charge is 0.278 e. The van der Waals surface area contributed by atoms with Crippen LogP contribution in [0, 0.1) is 5.82 Å². The van der Waals surface area contributed by atoms with Gasteiger partial charge >= 0.3 is 0 Å². The molecular formula is C11H12FN3O3S. The molecular weight excluding hydrogens is 273 g/mol. The maximum atomic E-state index is 13.1. The molecule has 102 valence electrons.